The van der Waals surface area contributed by atoms with E-state index < -0.39 is 11.6 Å². The zero-order valence-electron chi connectivity index (χ0n) is 9.30. The molecule has 0 aliphatic rings. The van der Waals surface area contributed by atoms with Crippen LogP contribution >= 0.6 is 12.2 Å². The summed E-state index contributed by atoms with van der Waals surface area (Å²) < 4.78 is 33.6. The fraction of sp³-hybridized carbons (Fsp3) is 0.364. The molecule has 3 nitrogen and oxygen atoms in total. The molecule has 2 rings (SSSR count). The van der Waals surface area contributed by atoms with Gasteiger partial charge in [-0.3, -0.25) is 0 Å². The van der Waals surface area contributed by atoms with Crippen molar-refractivity contribution in [1.29, 1.82) is 0 Å². The molecule has 0 saturated carbocycles. The van der Waals surface area contributed by atoms with E-state index in [1.54, 1.807) is 11.7 Å². The number of methoxy groups -OCH3 is 1. The molecule has 0 fully saturated rings. The molecule has 1 aromatic carbocycles. The zero-order chi connectivity index (χ0) is 12.4. The first-order chi connectivity index (χ1) is 8.13. The highest BCUT2D eigenvalue weighted by molar-refractivity contribution is 7.71. The standard InChI is InChI=1S/C11H12F2N2OS/c1-16-4-2-3-15-9-6-7(12)5-8(13)10(9)14-11(15)17/h5-6H,2-4H2,1H3,(H,14,17). The number of aryl methyl sites for hydroxylation is 1. The number of ether oxygens (including phenoxy) is 1. The lowest BCUT2D eigenvalue weighted by Gasteiger charge is -2.04. The Kier molecular flexibility index (Phi) is 3.54. The molecule has 0 radical (unpaired) electrons. The lowest BCUT2D eigenvalue weighted by Crippen LogP contribution is -2.01. The summed E-state index contributed by atoms with van der Waals surface area (Å²) in [6, 6.07) is 2.12. The molecule has 0 bridgehead atoms. The summed E-state index contributed by atoms with van der Waals surface area (Å²) in [5, 5.41) is 0. The van der Waals surface area contributed by atoms with Gasteiger partial charge < -0.3 is 14.3 Å². The predicted octanol–water partition coefficient (Wildman–Crippen LogP) is 3.01. The fourth-order valence-corrected chi connectivity index (χ4v) is 2.06. The quantitative estimate of drug-likeness (QED) is 0.675. The lowest BCUT2D eigenvalue weighted by molar-refractivity contribution is 0.190. The number of fused-ring (bicyclic) bond motifs is 1. The summed E-state index contributed by atoms with van der Waals surface area (Å²) >= 11 is 5.08. The number of H-pyrrole nitrogens is 1. The first-order valence-electron chi connectivity index (χ1n) is 5.20. The number of benzene rings is 1. The second-order valence-electron chi connectivity index (χ2n) is 3.71. The van der Waals surface area contributed by atoms with E-state index in [0.717, 1.165) is 12.5 Å². The number of nitrogens with zero attached hydrogens (tertiary/aromatic N) is 1. The van der Waals surface area contributed by atoms with Crippen LogP contribution < -0.4 is 0 Å². The van der Waals surface area contributed by atoms with Crippen molar-refractivity contribution in [2.24, 2.45) is 0 Å². The third-order valence-corrected chi connectivity index (χ3v) is 2.85. The summed E-state index contributed by atoms with van der Waals surface area (Å²) in [5.74, 6) is -1.24. The van der Waals surface area contributed by atoms with Gasteiger partial charge in [-0.15, -0.1) is 0 Å². The number of hydrogen-bond donors (Lipinski definition) is 1. The largest absolute Gasteiger partial charge is 0.385 e. The predicted molar refractivity (Wildman–Crippen MR) is 63.5 cm³/mol. The highest BCUT2D eigenvalue weighted by Gasteiger charge is 2.10. The Bertz CT molecular complexity index is 591. The SMILES string of the molecule is COCCCn1c(=S)[nH]c2c(F)cc(F)cc21. The molecular weight excluding hydrogens is 246 g/mol. The maximum Gasteiger partial charge on any atom is 0.178 e. The van der Waals surface area contributed by atoms with E-state index in [1.165, 1.54) is 6.07 Å². The molecular formula is C11H12F2N2OS. The van der Waals surface area contributed by atoms with Crippen molar-refractivity contribution >= 4 is 23.3 Å². The van der Waals surface area contributed by atoms with Crippen molar-refractivity contribution in [2.75, 3.05) is 13.7 Å². The first kappa shape index (κ1) is 12.2. The normalized spacial score (nSPS) is 11.2. The Morgan fingerprint density at radius 3 is 2.88 bits per heavy atom. The van der Waals surface area contributed by atoms with Crippen LogP contribution in [0.2, 0.25) is 0 Å². The van der Waals surface area contributed by atoms with Crippen LogP contribution in [-0.4, -0.2) is 23.3 Å². The van der Waals surface area contributed by atoms with Crippen molar-refractivity contribution in [2.45, 2.75) is 13.0 Å². The Morgan fingerprint density at radius 2 is 2.18 bits per heavy atom. The van der Waals surface area contributed by atoms with Gasteiger partial charge in [0.2, 0.25) is 0 Å². The van der Waals surface area contributed by atoms with Gasteiger partial charge in [-0.2, -0.15) is 0 Å². The molecule has 0 spiro atoms. The topological polar surface area (TPSA) is 29.9 Å². The van der Waals surface area contributed by atoms with Gasteiger partial charge in [0.1, 0.15) is 11.3 Å². The number of aromatic nitrogens is 2. The molecule has 0 amide bonds. The van der Waals surface area contributed by atoms with Crippen molar-refractivity contribution in [3.8, 4) is 0 Å². The van der Waals surface area contributed by atoms with Crippen LogP contribution in [0.15, 0.2) is 12.1 Å². The maximum atomic E-state index is 13.5. The number of rotatable bonds is 4. The van der Waals surface area contributed by atoms with Gasteiger partial charge in [-0.1, -0.05) is 0 Å². The van der Waals surface area contributed by atoms with Crippen LogP contribution in [-0.2, 0) is 11.3 Å². The Labute approximate surface area is 102 Å². The number of hydrogen-bond acceptors (Lipinski definition) is 2. The van der Waals surface area contributed by atoms with Crippen LogP contribution in [0.5, 0.6) is 0 Å². The Balaban J connectivity index is 2.47. The van der Waals surface area contributed by atoms with Crippen LogP contribution in [0.1, 0.15) is 6.42 Å². The molecule has 2 aromatic rings. The average molecular weight is 258 g/mol. The van der Waals surface area contributed by atoms with Crippen molar-refractivity contribution in [1.82, 2.24) is 9.55 Å². The minimum atomic E-state index is -0.628. The van der Waals surface area contributed by atoms with Gasteiger partial charge in [0.15, 0.2) is 10.6 Å². The van der Waals surface area contributed by atoms with Gasteiger partial charge in [0.05, 0.1) is 5.52 Å². The van der Waals surface area contributed by atoms with E-state index >= 15 is 0 Å². The average Bonchev–Trinajstić information content (AvgIpc) is 2.57. The molecule has 0 aliphatic heterocycles. The molecule has 1 N–H and O–H groups in total. The number of halogens is 2. The summed E-state index contributed by atoms with van der Waals surface area (Å²) in [6.45, 7) is 1.14. The highest BCUT2D eigenvalue weighted by Crippen LogP contribution is 2.19. The molecule has 0 unspecified atom stereocenters. The van der Waals surface area contributed by atoms with Crippen LogP contribution in [0, 0.1) is 16.4 Å². The number of nitrogens with one attached hydrogen (secondary N) is 1. The maximum absolute atomic E-state index is 13.5. The Hall–Kier alpha value is -1.27. The van der Waals surface area contributed by atoms with E-state index in [1.807, 2.05) is 0 Å². The third kappa shape index (κ3) is 2.37. The minimum absolute atomic E-state index is 0.244. The highest BCUT2D eigenvalue weighted by atomic mass is 32.1. The van der Waals surface area contributed by atoms with E-state index in [9.17, 15) is 8.78 Å². The molecule has 0 aliphatic carbocycles. The van der Waals surface area contributed by atoms with Crippen molar-refractivity contribution < 1.29 is 13.5 Å². The monoisotopic (exact) mass is 258 g/mol. The number of imidazole rings is 1. The molecule has 0 atom stereocenters. The second-order valence-corrected chi connectivity index (χ2v) is 4.10. The molecule has 0 saturated heterocycles. The molecule has 1 heterocycles. The minimum Gasteiger partial charge on any atom is -0.385 e. The van der Waals surface area contributed by atoms with Gasteiger partial charge in [0, 0.05) is 26.3 Å². The van der Waals surface area contributed by atoms with E-state index in [-0.39, 0.29) is 5.52 Å². The zero-order valence-corrected chi connectivity index (χ0v) is 10.1. The van der Waals surface area contributed by atoms with Gasteiger partial charge in [-0.25, -0.2) is 8.78 Å². The number of aromatic amines is 1. The second kappa shape index (κ2) is 4.93. The van der Waals surface area contributed by atoms with Gasteiger partial charge in [0.25, 0.3) is 0 Å². The van der Waals surface area contributed by atoms with Crippen LogP contribution in [0.3, 0.4) is 0 Å². The summed E-state index contributed by atoms with van der Waals surface area (Å²) in [6.07, 6.45) is 0.732. The van der Waals surface area contributed by atoms with Gasteiger partial charge >= 0.3 is 0 Å². The summed E-state index contributed by atoms with van der Waals surface area (Å²) in [4.78, 5) is 2.74. The molecule has 1 aromatic heterocycles. The van der Waals surface area contributed by atoms with E-state index in [0.29, 0.717) is 23.4 Å². The van der Waals surface area contributed by atoms with E-state index in [2.05, 4.69) is 4.98 Å². The Morgan fingerprint density at radius 1 is 1.41 bits per heavy atom. The van der Waals surface area contributed by atoms with Crippen LogP contribution in [0.4, 0.5) is 8.78 Å². The summed E-state index contributed by atoms with van der Waals surface area (Å²) in [7, 11) is 1.60. The molecule has 17 heavy (non-hydrogen) atoms. The molecule has 6 heteroatoms. The first-order valence-corrected chi connectivity index (χ1v) is 5.61. The van der Waals surface area contributed by atoms with Crippen molar-refractivity contribution in [3.05, 3.63) is 28.5 Å². The fourth-order valence-electron chi connectivity index (χ4n) is 1.77. The molecule has 92 valence electrons. The lowest BCUT2D eigenvalue weighted by atomic mass is 10.3. The van der Waals surface area contributed by atoms with E-state index in [4.69, 9.17) is 17.0 Å². The summed E-state index contributed by atoms with van der Waals surface area (Å²) in [5.41, 5.74) is 0.692. The van der Waals surface area contributed by atoms with Crippen LogP contribution in [0.25, 0.3) is 11.0 Å². The van der Waals surface area contributed by atoms with Gasteiger partial charge in [-0.05, 0) is 24.7 Å². The smallest absolute Gasteiger partial charge is 0.178 e. The third-order valence-electron chi connectivity index (χ3n) is 2.53. The van der Waals surface area contributed by atoms with Crippen molar-refractivity contribution in [3.63, 3.8) is 0 Å².